The lowest BCUT2D eigenvalue weighted by atomic mass is 10.1. The third kappa shape index (κ3) is 5.69. The Labute approximate surface area is 120 Å². The van der Waals surface area contributed by atoms with Gasteiger partial charge in [-0.1, -0.05) is 25.9 Å². The summed E-state index contributed by atoms with van der Waals surface area (Å²) in [6, 6.07) is 0. The van der Waals surface area contributed by atoms with Crippen LogP contribution in [0.5, 0.6) is 0 Å². The van der Waals surface area contributed by atoms with Gasteiger partial charge in [-0.2, -0.15) is 4.98 Å². The van der Waals surface area contributed by atoms with E-state index in [0.717, 1.165) is 6.54 Å². The van der Waals surface area contributed by atoms with Crippen LogP contribution in [-0.4, -0.2) is 39.6 Å². The van der Waals surface area contributed by atoms with Crippen molar-refractivity contribution in [1.29, 1.82) is 0 Å². The number of amides is 1. The molecule has 1 amide bonds. The van der Waals surface area contributed by atoms with E-state index in [1.54, 1.807) is 0 Å². The maximum Gasteiger partial charge on any atom is 0.240 e. The Morgan fingerprint density at radius 1 is 1.40 bits per heavy atom. The zero-order valence-corrected chi connectivity index (χ0v) is 13.4. The zero-order chi connectivity index (χ0) is 15.3. The van der Waals surface area contributed by atoms with E-state index in [1.165, 1.54) is 0 Å². The van der Waals surface area contributed by atoms with E-state index in [2.05, 4.69) is 15.5 Å². The molecule has 1 aromatic rings. The molecule has 0 unspecified atom stereocenters. The molecular formula is C14H26N4O2. The van der Waals surface area contributed by atoms with Gasteiger partial charge < -0.3 is 9.84 Å². The molecule has 1 rings (SSSR count). The Kier molecular flexibility index (Phi) is 5.68. The lowest BCUT2D eigenvalue weighted by Gasteiger charge is -2.23. The average molecular weight is 282 g/mol. The Balaban J connectivity index is 2.56. The molecule has 114 valence electrons. The van der Waals surface area contributed by atoms with Gasteiger partial charge in [-0.15, -0.1) is 0 Å². The highest BCUT2D eigenvalue weighted by Gasteiger charge is 2.18. The van der Waals surface area contributed by atoms with Crippen molar-refractivity contribution >= 4 is 5.91 Å². The fourth-order valence-electron chi connectivity index (χ4n) is 1.70. The van der Waals surface area contributed by atoms with Crippen LogP contribution in [-0.2, 0) is 11.3 Å². The molecule has 20 heavy (non-hydrogen) atoms. The second-order valence-corrected chi connectivity index (χ2v) is 6.30. The first-order chi connectivity index (χ1) is 9.21. The largest absolute Gasteiger partial charge is 0.350 e. The molecule has 1 N–H and O–H groups in total. The Bertz CT molecular complexity index is 435. The van der Waals surface area contributed by atoms with E-state index in [9.17, 15) is 4.79 Å². The highest BCUT2D eigenvalue weighted by Crippen LogP contribution is 2.11. The number of rotatable bonds is 6. The standard InChI is InChI=1S/C14H26N4O2/c1-7-18(8-11(19)16-14(4,5)6)9-12-15-13(10(2)3)17-20-12/h10H,7-9H2,1-6H3,(H,16,19). The number of aromatic nitrogens is 2. The van der Waals surface area contributed by atoms with Crippen LogP contribution >= 0.6 is 0 Å². The van der Waals surface area contributed by atoms with Gasteiger partial charge in [-0.25, -0.2) is 0 Å². The first-order valence-electron chi connectivity index (χ1n) is 7.07. The molecule has 1 heterocycles. The number of hydrogen-bond acceptors (Lipinski definition) is 5. The van der Waals surface area contributed by atoms with Crippen molar-refractivity contribution in [2.24, 2.45) is 0 Å². The second kappa shape index (κ2) is 6.83. The molecule has 6 heteroatoms. The summed E-state index contributed by atoms with van der Waals surface area (Å²) in [7, 11) is 0. The van der Waals surface area contributed by atoms with Crippen molar-refractivity contribution in [1.82, 2.24) is 20.4 Å². The zero-order valence-electron chi connectivity index (χ0n) is 13.4. The molecule has 6 nitrogen and oxygen atoms in total. The molecule has 0 aliphatic heterocycles. The fraction of sp³-hybridized carbons (Fsp3) is 0.786. The van der Waals surface area contributed by atoms with E-state index < -0.39 is 0 Å². The van der Waals surface area contributed by atoms with Crippen LogP contribution in [0.25, 0.3) is 0 Å². The molecule has 0 radical (unpaired) electrons. The molecule has 0 atom stereocenters. The summed E-state index contributed by atoms with van der Waals surface area (Å²) in [6.45, 7) is 13.5. The van der Waals surface area contributed by atoms with Gasteiger partial charge in [0.05, 0.1) is 13.1 Å². The highest BCUT2D eigenvalue weighted by molar-refractivity contribution is 5.78. The van der Waals surface area contributed by atoms with E-state index in [4.69, 9.17) is 4.52 Å². The Morgan fingerprint density at radius 2 is 2.05 bits per heavy atom. The van der Waals surface area contributed by atoms with Crippen LogP contribution in [0.4, 0.5) is 0 Å². The molecule has 1 aromatic heterocycles. The summed E-state index contributed by atoms with van der Waals surface area (Å²) in [4.78, 5) is 18.2. The lowest BCUT2D eigenvalue weighted by Crippen LogP contribution is -2.45. The second-order valence-electron chi connectivity index (χ2n) is 6.30. The molecule has 0 aliphatic carbocycles. The lowest BCUT2D eigenvalue weighted by molar-refractivity contribution is -0.123. The monoisotopic (exact) mass is 282 g/mol. The Hall–Kier alpha value is -1.43. The summed E-state index contributed by atoms with van der Waals surface area (Å²) < 4.78 is 5.21. The first kappa shape index (κ1) is 16.6. The van der Waals surface area contributed by atoms with E-state index in [-0.39, 0.29) is 17.4 Å². The molecule has 0 aromatic carbocycles. The number of nitrogens with one attached hydrogen (secondary N) is 1. The number of hydrogen-bond donors (Lipinski definition) is 1. The number of likely N-dealkylation sites (N-methyl/N-ethyl adjacent to an activating group) is 1. The van der Waals surface area contributed by atoms with Crippen molar-refractivity contribution in [3.8, 4) is 0 Å². The highest BCUT2D eigenvalue weighted by atomic mass is 16.5. The molecule has 0 saturated carbocycles. The number of nitrogens with zero attached hydrogens (tertiary/aromatic N) is 3. The molecule has 0 aliphatic rings. The summed E-state index contributed by atoms with van der Waals surface area (Å²) in [6.07, 6.45) is 0. The van der Waals surface area contributed by atoms with Gasteiger partial charge in [0.2, 0.25) is 11.8 Å². The van der Waals surface area contributed by atoms with Gasteiger partial charge in [-0.05, 0) is 27.3 Å². The minimum absolute atomic E-state index is 0.00273. The first-order valence-corrected chi connectivity index (χ1v) is 7.07. The molecule has 0 fully saturated rings. The van der Waals surface area contributed by atoms with Crippen LogP contribution in [0.3, 0.4) is 0 Å². The van der Waals surface area contributed by atoms with Gasteiger partial charge in [-0.3, -0.25) is 9.69 Å². The van der Waals surface area contributed by atoms with Crippen LogP contribution in [0.1, 0.15) is 59.2 Å². The average Bonchev–Trinajstić information content (AvgIpc) is 2.74. The van der Waals surface area contributed by atoms with Crippen molar-refractivity contribution in [2.45, 2.75) is 59.5 Å². The maximum atomic E-state index is 11.9. The summed E-state index contributed by atoms with van der Waals surface area (Å²) >= 11 is 0. The van der Waals surface area contributed by atoms with Crippen molar-refractivity contribution in [3.63, 3.8) is 0 Å². The summed E-state index contributed by atoms with van der Waals surface area (Å²) in [5, 5.41) is 6.87. The maximum absolute atomic E-state index is 11.9. The van der Waals surface area contributed by atoms with E-state index in [1.807, 2.05) is 46.4 Å². The predicted molar refractivity (Wildman–Crippen MR) is 77.2 cm³/mol. The topological polar surface area (TPSA) is 71.3 Å². The van der Waals surface area contributed by atoms with Gasteiger partial charge in [0.1, 0.15) is 0 Å². The molecule has 0 bridgehead atoms. The predicted octanol–water partition coefficient (Wildman–Crippen LogP) is 1.93. The third-order valence-corrected chi connectivity index (χ3v) is 2.69. The molecule has 0 spiro atoms. The number of carbonyl (C=O) groups is 1. The van der Waals surface area contributed by atoms with Gasteiger partial charge >= 0.3 is 0 Å². The SMILES string of the molecule is CCN(CC(=O)NC(C)(C)C)Cc1nc(C(C)C)no1. The quantitative estimate of drug-likeness (QED) is 0.863. The minimum Gasteiger partial charge on any atom is -0.350 e. The summed E-state index contributed by atoms with van der Waals surface area (Å²) in [5.74, 6) is 1.50. The summed E-state index contributed by atoms with van der Waals surface area (Å²) in [5.41, 5.74) is -0.216. The van der Waals surface area contributed by atoms with Crippen LogP contribution in [0, 0.1) is 0 Å². The Morgan fingerprint density at radius 3 is 2.50 bits per heavy atom. The van der Waals surface area contributed by atoms with Gasteiger partial charge in [0.15, 0.2) is 5.82 Å². The van der Waals surface area contributed by atoms with Crippen molar-refractivity contribution < 1.29 is 9.32 Å². The van der Waals surface area contributed by atoms with Gasteiger partial charge in [0.25, 0.3) is 0 Å². The van der Waals surface area contributed by atoms with Crippen LogP contribution < -0.4 is 5.32 Å². The number of carbonyl (C=O) groups excluding carboxylic acids is 1. The molecular weight excluding hydrogens is 256 g/mol. The molecule has 0 saturated heterocycles. The smallest absolute Gasteiger partial charge is 0.240 e. The third-order valence-electron chi connectivity index (χ3n) is 2.69. The van der Waals surface area contributed by atoms with Crippen LogP contribution in [0.2, 0.25) is 0 Å². The van der Waals surface area contributed by atoms with Crippen LogP contribution in [0.15, 0.2) is 4.52 Å². The van der Waals surface area contributed by atoms with E-state index >= 15 is 0 Å². The minimum atomic E-state index is -0.216. The van der Waals surface area contributed by atoms with Gasteiger partial charge in [0, 0.05) is 11.5 Å². The van der Waals surface area contributed by atoms with Crippen molar-refractivity contribution in [2.75, 3.05) is 13.1 Å². The van der Waals surface area contributed by atoms with E-state index in [0.29, 0.717) is 24.8 Å². The normalized spacial score (nSPS) is 12.2. The fourth-order valence-corrected chi connectivity index (χ4v) is 1.70. The van der Waals surface area contributed by atoms with Crippen molar-refractivity contribution in [3.05, 3.63) is 11.7 Å².